The van der Waals surface area contributed by atoms with Crippen molar-refractivity contribution in [3.8, 4) is 0 Å². The fraction of sp³-hybridized carbons (Fsp3) is 0.900. The number of nitrogens with one attached hydrogen (secondary N) is 2. The largest absolute Gasteiger partial charge is 0.381 e. The van der Waals surface area contributed by atoms with Crippen LogP contribution in [-0.2, 0) is 9.53 Å². The monoisotopic (exact) mass is 198 g/mol. The first-order valence-corrected chi connectivity index (χ1v) is 5.45. The van der Waals surface area contributed by atoms with Gasteiger partial charge in [0.15, 0.2) is 0 Å². The van der Waals surface area contributed by atoms with Gasteiger partial charge in [0.05, 0.1) is 12.5 Å². The minimum atomic E-state index is 0.102. The molecule has 2 aliphatic heterocycles. The van der Waals surface area contributed by atoms with E-state index in [0.29, 0.717) is 12.6 Å². The summed E-state index contributed by atoms with van der Waals surface area (Å²) in [4.78, 5) is 11.7. The van der Waals surface area contributed by atoms with Crippen molar-refractivity contribution in [3.05, 3.63) is 0 Å². The lowest BCUT2D eigenvalue weighted by Gasteiger charge is -2.24. The summed E-state index contributed by atoms with van der Waals surface area (Å²) in [6.07, 6.45) is 3.00. The van der Waals surface area contributed by atoms with E-state index < -0.39 is 0 Å². The number of amides is 1. The molecule has 1 amide bonds. The molecule has 2 heterocycles. The Hall–Kier alpha value is -0.610. The third-order valence-electron chi connectivity index (χ3n) is 2.99. The molecule has 0 saturated carbocycles. The second-order valence-corrected chi connectivity index (χ2v) is 4.09. The summed E-state index contributed by atoms with van der Waals surface area (Å²) in [5.74, 6) is 0.291. The van der Waals surface area contributed by atoms with E-state index >= 15 is 0 Å². The lowest BCUT2D eigenvalue weighted by molar-refractivity contribution is -0.125. The van der Waals surface area contributed by atoms with Crippen molar-refractivity contribution in [1.29, 1.82) is 0 Å². The Bertz CT molecular complexity index is 196. The summed E-state index contributed by atoms with van der Waals surface area (Å²) in [7, 11) is 0. The Morgan fingerprint density at radius 3 is 2.71 bits per heavy atom. The third kappa shape index (κ3) is 2.45. The molecule has 2 N–H and O–H groups in total. The Balaban J connectivity index is 1.75. The van der Waals surface area contributed by atoms with Crippen LogP contribution < -0.4 is 10.6 Å². The maximum Gasteiger partial charge on any atom is 0.225 e. The normalized spacial score (nSPS) is 29.0. The fourth-order valence-corrected chi connectivity index (χ4v) is 2.03. The van der Waals surface area contributed by atoms with E-state index in [0.717, 1.165) is 39.0 Å². The highest BCUT2D eigenvalue weighted by Crippen LogP contribution is 2.13. The molecule has 0 unspecified atom stereocenters. The average molecular weight is 198 g/mol. The maximum atomic E-state index is 11.7. The van der Waals surface area contributed by atoms with E-state index in [1.54, 1.807) is 0 Å². The second-order valence-electron chi connectivity index (χ2n) is 4.09. The molecule has 4 heteroatoms. The van der Waals surface area contributed by atoms with Gasteiger partial charge in [-0.05, 0) is 32.4 Å². The highest BCUT2D eigenvalue weighted by molar-refractivity contribution is 5.79. The van der Waals surface area contributed by atoms with E-state index in [2.05, 4.69) is 10.6 Å². The van der Waals surface area contributed by atoms with Gasteiger partial charge in [0, 0.05) is 12.6 Å². The van der Waals surface area contributed by atoms with E-state index in [1.165, 1.54) is 0 Å². The van der Waals surface area contributed by atoms with Gasteiger partial charge in [0.1, 0.15) is 0 Å². The van der Waals surface area contributed by atoms with Gasteiger partial charge in [0.25, 0.3) is 0 Å². The Morgan fingerprint density at radius 2 is 2.07 bits per heavy atom. The molecular weight excluding hydrogens is 180 g/mol. The third-order valence-corrected chi connectivity index (χ3v) is 2.99. The number of piperidine rings is 1. The lowest BCUT2D eigenvalue weighted by Crippen LogP contribution is -2.45. The molecule has 0 aromatic carbocycles. The van der Waals surface area contributed by atoms with Gasteiger partial charge >= 0.3 is 0 Å². The predicted molar refractivity (Wildman–Crippen MR) is 53.0 cm³/mol. The number of ether oxygens (including phenoxy) is 1. The quantitative estimate of drug-likeness (QED) is 0.651. The van der Waals surface area contributed by atoms with Crippen LogP contribution >= 0.6 is 0 Å². The van der Waals surface area contributed by atoms with Crippen molar-refractivity contribution >= 4 is 5.91 Å². The van der Waals surface area contributed by atoms with Crippen LogP contribution in [0.3, 0.4) is 0 Å². The number of carbonyl (C=O) groups is 1. The summed E-state index contributed by atoms with van der Waals surface area (Å²) in [5.41, 5.74) is 0. The van der Waals surface area contributed by atoms with Gasteiger partial charge in [-0.25, -0.2) is 0 Å². The van der Waals surface area contributed by atoms with E-state index in [1.807, 2.05) is 0 Å². The summed E-state index contributed by atoms with van der Waals surface area (Å²) in [6, 6.07) is 0.379. The SMILES string of the molecule is O=C(NC1CCNCC1)[C@H]1CCOC1. The second kappa shape index (κ2) is 4.75. The van der Waals surface area contributed by atoms with Gasteiger partial charge in [-0.1, -0.05) is 0 Å². The smallest absolute Gasteiger partial charge is 0.225 e. The molecule has 14 heavy (non-hydrogen) atoms. The van der Waals surface area contributed by atoms with Crippen LogP contribution in [0.4, 0.5) is 0 Å². The van der Waals surface area contributed by atoms with Crippen LogP contribution in [0.5, 0.6) is 0 Å². The van der Waals surface area contributed by atoms with Gasteiger partial charge in [0.2, 0.25) is 5.91 Å². The molecule has 4 nitrogen and oxygen atoms in total. The molecule has 2 rings (SSSR count). The summed E-state index contributed by atoms with van der Waals surface area (Å²) in [6.45, 7) is 3.39. The topological polar surface area (TPSA) is 50.4 Å². The number of rotatable bonds is 2. The van der Waals surface area contributed by atoms with Crippen LogP contribution in [0.1, 0.15) is 19.3 Å². The van der Waals surface area contributed by atoms with Crippen molar-refractivity contribution < 1.29 is 9.53 Å². The van der Waals surface area contributed by atoms with E-state index in [9.17, 15) is 4.79 Å². The van der Waals surface area contributed by atoms with Crippen LogP contribution in [-0.4, -0.2) is 38.3 Å². The molecule has 0 aromatic rings. The molecule has 2 aliphatic rings. The van der Waals surface area contributed by atoms with Crippen LogP contribution in [0.2, 0.25) is 0 Å². The number of carbonyl (C=O) groups excluding carboxylic acids is 1. The van der Waals surface area contributed by atoms with Crippen molar-refractivity contribution in [2.45, 2.75) is 25.3 Å². The first-order chi connectivity index (χ1) is 6.86. The van der Waals surface area contributed by atoms with Gasteiger partial charge in [-0.15, -0.1) is 0 Å². The zero-order chi connectivity index (χ0) is 9.80. The zero-order valence-electron chi connectivity index (χ0n) is 8.42. The first kappa shape index (κ1) is 9.93. The molecule has 0 spiro atoms. The van der Waals surface area contributed by atoms with Crippen molar-refractivity contribution in [3.63, 3.8) is 0 Å². The van der Waals surface area contributed by atoms with Crippen LogP contribution in [0, 0.1) is 5.92 Å². The zero-order valence-corrected chi connectivity index (χ0v) is 8.42. The van der Waals surface area contributed by atoms with Crippen molar-refractivity contribution in [2.75, 3.05) is 26.3 Å². The minimum absolute atomic E-state index is 0.102. The molecule has 2 fully saturated rings. The molecule has 80 valence electrons. The van der Waals surface area contributed by atoms with Gasteiger partial charge < -0.3 is 15.4 Å². The van der Waals surface area contributed by atoms with Crippen LogP contribution in [0.25, 0.3) is 0 Å². The Kier molecular flexibility index (Phi) is 3.37. The molecule has 0 bridgehead atoms. The summed E-state index contributed by atoms with van der Waals surface area (Å²) >= 11 is 0. The number of hydrogen-bond donors (Lipinski definition) is 2. The van der Waals surface area contributed by atoms with Crippen LogP contribution in [0.15, 0.2) is 0 Å². The predicted octanol–water partition coefficient (Wildman–Crippen LogP) is -0.109. The fourth-order valence-electron chi connectivity index (χ4n) is 2.03. The van der Waals surface area contributed by atoms with Crippen molar-refractivity contribution in [1.82, 2.24) is 10.6 Å². The summed E-state index contributed by atoms with van der Waals surface area (Å²) in [5, 5.41) is 6.38. The number of hydrogen-bond acceptors (Lipinski definition) is 3. The van der Waals surface area contributed by atoms with E-state index in [4.69, 9.17) is 4.74 Å². The maximum absolute atomic E-state index is 11.7. The first-order valence-electron chi connectivity index (χ1n) is 5.45. The van der Waals surface area contributed by atoms with Gasteiger partial charge in [-0.3, -0.25) is 4.79 Å². The molecule has 0 aliphatic carbocycles. The van der Waals surface area contributed by atoms with Gasteiger partial charge in [-0.2, -0.15) is 0 Å². The molecule has 1 atom stereocenters. The highest BCUT2D eigenvalue weighted by atomic mass is 16.5. The summed E-state index contributed by atoms with van der Waals surface area (Å²) < 4.78 is 5.19. The molecular formula is C10H18N2O2. The lowest BCUT2D eigenvalue weighted by atomic mass is 10.0. The molecule has 0 radical (unpaired) electrons. The Morgan fingerprint density at radius 1 is 1.29 bits per heavy atom. The van der Waals surface area contributed by atoms with E-state index in [-0.39, 0.29) is 11.8 Å². The standard InChI is InChI=1S/C10H18N2O2/c13-10(8-3-6-14-7-8)12-9-1-4-11-5-2-9/h8-9,11H,1-7H2,(H,12,13)/t8-/m0/s1. The molecule has 2 saturated heterocycles. The Labute approximate surface area is 84.4 Å². The molecule has 0 aromatic heterocycles. The minimum Gasteiger partial charge on any atom is -0.381 e. The highest BCUT2D eigenvalue weighted by Gasteiger charge is 2.25. The average Bonchev–Trinajstić information content (AvgIpc) is 2.72. The van der Waals surface area contributed by atoms with Crippen molar-refractivity contribution in [2.24, 2.45) is 5.92 Å².